The first-order valence-electron chi connectivity index (χ1n) is 7.51. The Balaban J connectivity index is 1.97. The van der Waals surface area contributed by atoms with Crippen LogP contribution in [0.3, 0.4) is 0 Å². The van der Waals surface area contributed by atoms with E-state index in [4.69, 9.17) is 5.11 Å². The lowest BCUT2D eigenvalue weighted by Crippen LogP contribution is -2.19. The third-order valence-corrected chi connectivity index (χ3v) is 3.79. The van der Waals surface area contributed by atoms with Gasteiger partial charge in [0.15, 0.2) is 0 Å². The van der Waals surface area contributed by atoms with Crippen LogP contribution in [0, 0.1) is 18.6 Å². The predicted molar refractivity (Wildman–Crippen MR) is 88.5 cm³/mol. The second-order valence-corrected chi connectivity index (χ2v) is 5.54. The highest BCUT2D eigenvalue weighted by molar-refractivity contribution is 5.68. The van der Waals surface area contributed by atoms with Crippen LogP contribution < -0.4 is 5.32 Å². The van der Waals surface area contributed by atoms with Gasteiger partial charge in [-0.1, -0.05) is 0 Å². The highest BCUT2D eigenvalue weighted by atomic mass is 19.1. The van der Waals surface area contributed by atoms with Gasteiger partial charge in [-0.3, -0.25) is 0 Å². The molecule has 0 saturated carbocycles. The molecule has 2 aromatic carbocycles. The molecule has 2 N–H and O–H groups in total. The van der Waals surface area contributed by atoms with Crippen LogP contribution in [0.1, 0.15) is 11.3 Å². The SMILES string of the molecule is Cc1c(-c2cc(F)cc(CNC(=O)O)c2)cnn1-c1ccc(F)cc1. The van der Waals surface area contributed by atoms with Gasteiger partial charge in [0.25, 0.3) is 0 Å². The number of hydrogen-bond acceptors (Lipinski definition) is 2. The van der Waals surface area contributed by atoms with Crippen LogP contribution in [0.5, 0.6) is 0 Å². The Bertz CT molecular complexity index is 921. The lowest BCUT2D eigenvalue weighted by atomic mass is 10.0. The Labute approximate surface area is 142 Å². The fraction of sp³-hybridized carbons (Fsp3) is 0.111. The number of benzene rings is 2. The molecule has 3 aromatic rings. The summed E-state index contributed by atoms with van der Waals surface area (Å²) in [5.41, 5.74) is 3.25. The van der Waals surface area contributed by atoms with Gasteiger partial charge in [-0.2, -0.15) is 5.10 Å². The van der Waals surface area contributed by atoms with Crippen molar-refractivity contribution in [1.82, 2.24) is 15.1 Å². The Hall–Kier alpha value is -3.22. The number of carboxylic acid groups (broad SMARTS) is 1. The van der Waals surface area contributed by atoms with E-state index in [1.165, 1.54) is 24.3 Å². The first-order valence-corrected chi connectivity index (χ1v) is 7.51. The quantitative estimate of drug-likeness (QED) is 0.755. The third-order valence-electron chi connectivity index (χ3n) is 3.79. The van der Waals surface area contributed by atoms with Crippen LogP contribution in [0.4, 0.5) is 13.6 Å². The summed E-state index contributed by atoms with van der Waals surface area (Å²) in [6, 6.07) is 10.2. The molecule has 0 aliphatic heterocycles. The summed E-state index contributed by atoms with van der Waals surface area (Å²) < 4.78 is 28.6. The highest BCUT2D eigenvalue weighted by Crippen LogP contribution is 2.27. The van der Waals surface area contributed by atoms with Gasteiger partial charge in [-0.25, -0.2) is 18.3 Å². The molecular weight excluding hydrogens is 328 g/mol. The maximum Gasteiger partial charge on any atom is 0.404 e. The topological polar surface area (TPSA) is 67.2 Å². The zero-order chi connectivity index (χ0) is 18.0. The second-order valence-electron chi connectivity index (χ2n) is 5.54. The molecule has 7 heteroatoms. The minimum absolute atomic E-state index is 0.00520. The standard InChI is InChI=1S/C18H15F2N3O2/c1-11-17(10-22-23(11)16-4-2-14(19)3-5-16)13-6-12(7-15(20)8-13)9-21-18(24)25/h2-8,10,21H,9H2,1H3,(H,24,25). The van der Waals surface area contributed by atoms with E-state index in [2.05, 4.69) is 10.4 Å². The molecule has 0 spiro atoms. The van der Waals surface area contributed by atoms with E-state index in [0.29, 0.717) is 22.4 Å². The van der Waals surface area contributed by atoms with Gasteiger partial charge in [0.05, 0.1) is 11.9 Å². The molecule has 1 heterocycles. The largest absolute Gasteiger partial charge is 0.465 e. The fourth-order valence-electron chi connectivity index (χ4n) is 2.62. The minimum Gasteiger partial charge on any atom is -0.465 e. The average molecular weight is 343 g/mol. The molecule has 0 aliphatic carbocycles. The van der Waals surface area contributed by atoms with Crippen LogP contribution in [-0.2, 0) is 6.54 Å². The zero-order valence-corrected chi connectivity index (χ0v) is 13.3. The van der Waals surface area contributed by atoms with Gasteiger partial charge in [-0.15, -0.1) is 0 Å². The molecule has 3 rings (SSSR count). The number of rotatable bonds is 4. The monoisotopic (exact) mass is 343 g/mol. The van der Waals surface area contributed by atoms with Crippen molar-refractivity contribution in [3.8, 4) is 16.8 Å². The number of hydrogen-bond donors (Lipinski definition) is 2. The van der Waals surface area contributed by atoms with E-state index in [1.54, 1.807) is 29.1 Å². The van der Waals surface area contributed by atoms with Crippen LogP contribution >= 0.6 is 0 Å². The molecule has 0 radical (unpaired) electrons. The first-order chi connectivity index (χ1) is 11.9. The van der Waals surface area contributed by atoms with E-state index < -0.39 is 11.9 Å². The number of nitrogens with zero attached hydrogens (tertiary/aromatic N) is 2. The van der Waals surface area contributed by atoms with Gasteiger partial charge in [0, 0.05) is 17.8 Å². The van der Waals surface area contributed by atoms with Crippen molar-refractivity contribution in [3.05, 3.63) is 71.6 Å². The number of amides is 1. The summed E-state index contributed by atoms with van der Waals surface area (Å²) in [6.07, 6.45) is 0.424. The van der Waals surface area contributed by atoms with Gasteiger partial charge in [0.1, 0.15) is 11.6 Å². The molecule has 1 aromatic heterocycles. The summed E-state index contributed by atoms with van der Waals surface area (Å²) in [5.74, 6) is -0.803. The van der Waals surface area contributed by atoms with Gasteiger partial charge < -0.3 is 10.4 Å². The second kappa shape index (κ2) is 6.72. The van der Waals surface area contributed by atoms with Crippen molar-refractivity contribution < 1.29 is 18.7 Å². The molecule has 0 bridgehead atoms. The highest BCUT2D eigenvalue weighted by Gasteiger charge is 2.12. The summed E-state index contributed by atoms with van der Waals surface area (Å²) in [4.78, 5) is 10.6. The predicted octanol–water partition coefficient (Wildman–Crippen LogP) is 3.89. The van der Waals surface area contributed by atoms with Gasteiger partial charge >= 0.3 is 6.09 Å². The van der Waals surface area contributed by atoms with Crippen LogP contribution in [0.25, 0.3) is 16.8 Å². The van der Waals surface area contributed by atoms with Crippen molar-refractivity contribution >= 4 is 6.09 Å². The molecule has 0 unspecified atom stereocenters. The van der Waals surface area contributed by atoms with Crippen LogP contribution in [0.2, 0.25) is 0 Å². The van der Waals surface area contributed by atoms with Crippen LogP contribution in [-0.4, -0.2) is 21.0 Å². The minimum atomic E-state index is -1.17. The number of carbonyl (C=O) groups is 1. The first kappa shape index (κ1) is 16.6. The maximum absolute atomic E-state index is 13.9. The molecule has 0 saturated heterocycles. The summed E-state index contributed by atoms with van der Waals surface area (Å²) in [5, 5.41) is 15.2. The molecule has 128 valence electrons. The Morgan fingerprint density at radius 2 is 1.88 bits per heavy atom. The van der Waals surface area contributed by atoms with Crippen molar-refractivity contribution in [3.63, 3.8) is 0 Å². The summed E-state index contributed by atoms with van der Waals surface area (Å²) in [7, 11) is 0. The van der Waals surface area contributed by atoms with Crippen molar-refractivity contribution in [2.75, 3.05) is 0 Å². The molecule has 25 heavy (non-hydrogen) atoms. The van der Waals surface area contributed by atoms with Crippen molar-refractivity contribution in [1.29, 1.82) is 0 Å². The molecule has 0 atom stereocenters. The van der Waals surface area contributed by atoms with Gasteiger partial charge in [-0.05, 0) is 60.5 Å². The zero-order valence-electron chi connectivity index (χ0n) is 13.3. The lowest BCUT2D eigenvalue weighted by molar-refractivity contribution is 0.194. The lowest BCUT2D eigenvalue weighted by Gasteiger charge is -2.08. The molecule has 0 fully saturated rings. The number of halogens is 2. The Kier molecular flexibility index (Phi) is 4.47. The normalized spacial score (nSPS) is 10.7. The number of aromatic nitrogens is 2. The van der Waals surface area contributed by atoms with E-state index in [0.717, 1.165) is 5.69 Å². The van der Waals surface area contributed by atoms with E-state index in [9.17, 15) is 13.6 Å². The summed E-state index contributed by atoms with van der Waals surface area (Å²) in [6.45, 7) is 1.83. The average Bonchev–Trinajstić information content (AvgIpc) is 2.95. The fourth-order valence-corrected chi connectivity index (χ4v) is 2.62. The molecule has 0 aliphatic rings. The van der Waals surface area contributed by atoms with E-state index in [1.807, 2.05) is 6.92 Å². The molecule has 5 nitrogen and oxygen atoms in total. The molecular formula is C18H15F2N3O2. The maximum atomic E-state index is 13.9. The molecule has 1 amide bonds. The van der Waals surface area contributed by atoms with E-state index in [-0.39, 0.29) is 12.4 Å². The Morgan fingerprint density at radius 3 is 2.56 bits per heavy atom. The van der Waals surface area contributed by atoms with Crippen LogP contribution in [0.15, 0.2) is 48.7 Å². The van der Waals surface area contributed by atoms with Crippen molar-refractivity contribution in [2.45, 2.75) is 13.5 Å². The van der Waals surface area contributed by atoms with E-state index >= 15 is 0 Å². The summed E-state index contributed by atoms with van der Waals surface area (Å²) >= 11 is 0. The third kappa shape index (κ3) is 3.65. The Morgan fingerprint density at radius 1 is 1.16 bits per heavy atom. The van der Waals surface area contributed by atoms with Gasteiger partial charge in [0.2, 0.25) is 0 Å². The smallest absolute Gasteiger partial charge is 0.404 e. The van der Waals surface area contributed by atoms with Crippen molar-refractivity contribution in [2.24, 2.45) is 0 Å². The number of nitrogens with one attached hydrogen (secondary N) is 1.